The predicted octanol–water partition coefficient (Wildman–Crippen LogP) is 9.24. The zero-order valence-electron chi connectivity index (χ0n) is 19.9. The Kier molecular flexibility index (Phi) is 4.09. The standard InChI is InChI=1S/C34H24N2/c1-3-12-24(13-4-1)35-31-18-10-9-17-27(31)29-21-30-28-20-19-23-11-7-8-16-26(23)34(28)36(33(30)22-32(29)35)25-14-5-2-6-15-25/h1-3,5-12,14-22H,4,13H2. The summed E-state index contributed by atoms with van der Waals surface area (Å²) in [6, 6.07) is 37.8. The summed E-state index contributed by atoms with van der Waals surface area (Å²) in [6.45, 7) is 0. The summed E-state index contributed by atoms with van der Waals surface area (Å²) < 4.78 is 4.95. The van der Waals surface area contributed by atoms with Crippen LogP contribution >= 0.6 is 0 Å². The van der Waals surface area contributed by atoms with Crippen LogP contribution < -0.4 is 0 Å². The molecule has 0 radical (unpaired) electrons. The Balaban J connectivity index is 1.61. The van der Waals surface area contributed by atoms with Gasteiger partial charge in [0.25, 0.3) is 0 Å². The lowest BCUT2D eigenvalue weighted by molar-refractivity contribution is 0.979. The Morgan fingerprint density at radius 2 is 1.28 bits per heavy atom. The number of allylic oxidation sites excluding steroid dienone is 4. The third-order valence-electron chi connectivity index (χ3n) is 7.74. The van der Waals surface area contributed by atoms with Gasteiger partial charge < -0.3 is 9.13 Å². The lowest BCUT2D eigenvalue weighted by atomic mass is 10.0. The summed E-state index contributed by atoms with van der Waals surface area (Å²) in [5.41, 5.74) is 7.62. The van der Waals surface area contributed by atoms with Gasteiger partial charge in [-0.05, 0) is 54.6 Å². The van der Waals surface area contributed by atoms with Gasteiger partial charge in [-0.15, -0.1) is 0 Å². The van der Waals surface area contributed by atoms with E-state index >= 15 is 0 Å². The first-order valence-electron chi connectivity index (χ1n) is 12.7. The van der Waals surface area contributed by atoms with Crippen molar-refractivity contribution in [3.63, 3.8) is 0 Å². The molecular weight excluding hydrogens is 436 g/mol. The summed E-state index contributed by atoms with van der Waals surface area (Å²) in [7, 11) is 0. The Labute approximate surface area is 209 Å². The van der Waals surface area contributed by atoms with Gasteiger partial charge >= 0.3 is 0 Å². The molecule has 0 saturated carbocycles. The molecule has 0 unspecified atom stereocenters. The molecule has 0 spiro atoms. The van der Waals surface area contributed by atoms with E-state index in [1.807, 2.05) is 0 Å². The van der Waals surface area contributed by atoms with E-state index in [0.717, 1.165) is 12.8 Å². The van der Waals surface area contributed by atoms with Crippen molar-refractivity contribution in [1.82, 2.24) is 9.13 Å². The van der Waals surface area contributed by atoms with Gasteiger partial charge in [0.2, 0.25) is 0 Å². The van der Waals surface area contributed by atoms with E-state index in [1.54, 1.807) is 0 Å². The average molecular weight is 461 g/mol. The fourth-order valence-electron chi connectivity index (χ4n) is 6.17. The Morgan fingerprint density at radius 1 is 0.528 bits per heavy atom. The average Bonchev–Trinajstić information content (AvgIpc) is 3.45. The van der Waals surface area contributed by atoms with E-state index in [2.05, 4.69) is 130 Å². The first-order valence-corrected chi connectivity index (χ1v) is 12.7. The van der Waals surface area contributed by atoms with Crippen LogP contribution in [-0.2, 0) is 0 Å². The zero-order valence-corrected chi connectivity index (χ0v) is 19.9. The van der Waals surface area contributed by atoms with Crippen LogP contribution in [0.4, 0.5) is 0 Å². The molecule has 0 N–H and O–H groups in total. The fraction of sp³-hybridized carbons (Fsp3) is 0.0588. The molecule has 0 saturated heterocycles. The molecule has 36 heavy (non-hydrogen) atoms. The first kappa shape index (κ1) is 19.7. The molecular formula is C34H24N2. The minimum atomic E-state index is 1.05. The number of nitrogens with zero attached hydrogens (tertiary/aromatic N) is 2. The zero-order chi connectivity index (χ0) is 23.6. The van der Waals surface area contributed by atoms with Gasteiger partial charge in [-0.3, -0.25) is 0 Å². The van der Waals surface area contributed by atoms with Crippen molar-refractivity contribution in [3.05, 3.63) is 121 Å². The van der Waals surface area contributed by atoms with Gasteiger partial charge in [-0.25, -0.2) is 0 Å². The third kappa shape index (κ3) is 2.67. The van der Waals surface area contributed by atoms with Crippen molar-refractivity contribution < 1.29 is 0 Å². The minimum Gasteiger partial charge on any atom is -0.313 e. The number of para-hydroxylation sites is 2. The molecule has 2 nitrogen and oxygen atoms in total. The maximum absolute atomic E-state index is 2.48. The van der Waals surface area contributed by atoms with Gasteiger partial charge in [-0.2, -0.15) is 0 Å². The van der Waals surface area contributed by atoms with Gasteiger partial charge in [0.1, 0.15) is 0 Å². The van der Waals surface area contributed by atoms with E-state index in [1.165, 1.54) is 65.8 Å². The Hall–Kier alpha value is -4.56. The molecule has 5 aromatic carbocycles. The van der Waals surface area contributed by atoms with Crippen LogP contribution in [0.1, 0.15) is 12.8 Å². The largest absolute Gasteiger partial charge is 0.313 e. The molecule has 0 atom stereocenters. The van der Waals surface area contributed by atoms with Crippen molar-refractivity contribution >= 4 is 60.1 Å². The highest BCUT2D eigenvalue weighted by molar-refractivity contribution is 6.23. The SMILES string of the molecule is C1=CCCC(n2c3ccccc3c3cc4c5ccc6ccccc6c5n(-c5ccccc5)c4cc32)=C1. The van der Waals surface area contributed by atoms with Crippen LogP contribution in [-0.4, -0.2) is 9.13 Å². The number of hydrogen-bond donors (Lipinski definition) is 0. The van der Waals surface area contributed by atoms with Gasteiger partial charge in [0, 0.05) is 38.3 Å². The van der Waals surface area contributed by atoms with Crippen molar-refractivity contribution in [2.75, 3.05) is 0 Å². The van der Waals surface area contributed by atoms with Crippen LogP contribution in [0, 0.1) is 0 Å². The molecule has 1 aliphatic carbocycles. The molecule has 2 heterocycles. The Bertz CT molecular complexity index is 2030. The lowest BCUT2D eigenvalue weighted by Gasteiger charge is -2.14. The molecule has 170 valence electrons. The molecule has 0 bridgehead atoms. The van der Waals surface area contributed by atoms with Crippen molar-refractivity contribution in [1.29, 1.82) is 0 Å². The second-order valence-electron chi connectivity index (χ2n) is 9.72. The number of benzene rings is 5. The topological polar surface area (TPSA) is 9.86 Å². The maximum atomic E-state index is 2.48. The molecule has 2 aromatic heterocycles. The molecule has 8 rings (SSSR count). The summed E-state index contributed by atoms with van der Waals surface area (Å²) in [6.07, 6.45) is 8.87. The van der Waals surface area contributed by atoms with Gasteiger partial charge in [0.15, 0.2) is 0 Å². The second kappa shape index (κ2) is 7.47. The normalized spacial score (nSPS) is 13.9. The van der Waals surface area contributed by atoms with Gasteiger partial charge in [-0.1, -0.05) is 84.9 Å². The van der Waals surface area contributed by atoms with E-state index in [9.17, 15) is 0 Å². The van der Waals surface area contributed by atoms with Crippen LogP contribution in [0.2, 0.25) is 0 Å². The van der Waals surface area contributed by atoms with E-state index < -0.39 is 0 Å². The van der Waals surface area contributed by atoms with Crippen LogP contribution in [0.3, 0.4) is 0 Å². The van der Waals surface area contributed by atoms with Crippen molar-refractivity contribution in [3.8, 4) is 5.69 Å². The third-order valence-corrected chi connectivity index (χ3v) is 7.74. The summed E-state index contributed by atoms with van der Waals surface area (Å²) >= 11 is 0. The highest BCUT2D eigenvalue weighted by Crippen LogP contribution is 2.41. The molecule has 0 amide bonds. The monoisotopic (exact) mass is 460 g/mol. The lowest BCUT2D eigenvalue weighted by Crippen LogP contribution is -1.99. The van der Waals surface area contributed by atoms with E-state index in [4.69, 9.17) is 0 Å². The van der Waals surface area contributed by atoms with Crippen LogP contribution in [0.15, 0.2) is 121 Å². The molecule has 7 aromatic rings. The van der Waals surface area contributed by atoms with Crippen molar-refractivity contribution in [2.24, 2.45) is 0 Å². The van der Waals surface area contributed by atoms with E-state index in [-0.39, 0.29) is 0 Å². The highest BCUT2D eigenvalue weighted by Gasteiger charge is 2.20. The number of fused-ring (bicyclic) bond motifs is 8. The van der Waals surface area contributed by atoms with E-state index in [0.29, 0.717) is 0 Å². The van der Waals surface area contributed by atoms with Crippen LogP contribution in [0.25, 0.3) is 65.8 Å². The highest BCUT2D eigenvalue weighted by atomic mass is 15.0. The number of rotatable bonds is 2. The minimum absolute atomic E-state index is 1.05. The maximum Gasteiger partial charge on any atom is 0.0619 e. The predicted molar refractivity (Wildman–Crippen MR) is 154 cm³/mol. The number of aromatic nitrogens is 2. The second-order valence-corrected chi connectivity index (χ2v) is 9.72. The molecule has 0 fully saturated rings. The summed E-state index contributed by atoms with van der Waals surface area (Å²) in [5.74, 6) is 0. The molecule has 2 heteroatoms. The summed E-state index contributed by atoms with van der Waals surface area (Å²) in [5, 5.41) is 7.77. The number of hydrogen-bond acceptors (Lipinski definition) is 0. The summed E-state index contributed by atoms with van der Waals surface area (Å²) in [4.78, 5) is 0. The fourth-order valence-corrected chi connectivity index (χ4v) is 6.17. The quantitative estimate of drug-likeness (QED) is 0.243. The molecule has 0 aliphatic heterocycles. The van der Waals surface area contributed by atoms with Crippen LogP contribution in [0.5, 0.6) is 0 Å². The van der Waals surface area contributed by atoms with Crippen molar-refractivity contribution in [2.45, 2.75) is 12.8 Å². The Morgan fingerprint density at radius 3 is 2.14 bits per heavy atom. The molecule has 1 aliphatic rings. The smallest absolute Gasteiger partial charge is 0.0619 e. The first-order chi connectivity index (χ1) is 17.9. The van der Waals surface area contributed by atoms with Gasteiger partial charge in [0.05, 0.1) is 22.1 Å².